The first-order valence-corrected chi connectivity index (χ1v) is 11.1. The van der Waals surface area contributed by atoms with Crippen LogP contribution in [0.5, 0.6) is 5.88 Å². The molecule has 0 unspecified atom stereocenters. The van der Waals surface area contributed by atoms with Gasteiger partial charge in [0.2, 0.25) is 5.88 Å². The lowest BCUT2D eigenvalue weighted by molar-refractivity contribution is 0.402. The molecule has 6 nitrogen and oxygen atoms in total. The van der Waals surface area contributed by atoms with Crippen molar-refractivity contribution in [3.8, 4) is 5.88 Å². The van der Waals surface area contributed by atoms with E-state index in [9.17, 15) is 9.90 Å². The minimum atomic E-state index is -0.436. The Kier molecular flexibility index (Phi) is 7.63. The van der Waals surface area contributed by atoms with Crippen molar-refractivity contribution in [3.05, 3.63) is 56.6 Å². The molecular weight excluding hydrogens is 396 g/mol. The quantitative estimate of drug-likeness (QED) is 0.350. The standard InChI is InChI=1S/C23H30N4O2S/c1-3-26(4-2)19-12-10-18(11-13-19)24-16-20-21(28)25-23(30)27(22(20)29)15-14-17-8-6-5-7-9-17/h8,10-13,16,29H,3-7,9,14-15H2,1-2H3,(H,25,28,30). The lowest BCUT2D eigenvalue weighted by Crippen LogP contribution is -2.21. The van der Waals surface area contributed by atoms with Crippen LogP contribution in [0.4, 0.5) is 11.4 Å². The van der Waals surface area contributed by atoms with Crippen molar-refractivity contribution in [1.82, 2.24) is 9.55 Å². The third kappa shape index (κ3) is 5.27. The number of benzene rings is 1. The number of nitrogens with zero attached hydrogens (tertiary/aromatic N) is 3. The summed E-state index contributed by atoms with van der Waals surface area (Å²) < 4.78 is 1.81. The van der Waals surface area contributed by atoms with Gasteiger partial charge in [0.05, 0.1) is 5.69 Å². The van der Waals surface area contributed by atoms with Crippen LogP contribution in [0.1, 0.15) is 51.5 Å². The highest BCUT2D eigenvalue weighted by atomic mass is 32.1. The number of H-pyrrole nitrogens is 1. The van der Waals surface area contributed by atoms with E-state index in [4.69, 9.17) is 12.2 Å². The Morgan fingerprint density at radius 1 is 1.23 bits per heavy atom. The van der Waals surface area contributed by atoms with Crippen molar-refractivity contribution >= 4 is 29.8 Å². The molecule has 0 atom stereocenters. The molecule has 2 N–H and O–H groups in total. The number of aromatic nitrogens is 2. The molecular formula is C23H30N4O2S. The third-order valence-electron chi connectivity index (χ3n) is 5.57. The van der Waals surface area contributed by atoms with Crippen LogP contribution in [-0.2, 0) is 6.54 Å². The number of aromatic hydroxyl groups is 1. The average molecular weight is 427 g/mol. The number of hydrogen-bond acceptors (Lipinski definition) is 5. The molecule has 2 aromatic rings. The first-order chi connectivity index (χ1) is 14.5. The maximum absolute atomic E-state index is 12.4. The van der Waals surface area contributed by atoms with E-state index in [1.54, 1.807) is 4.57 Å². The molecule has 0 fully saturated rings. The number of allylic oxidation sites excluding steroid dienone is 2. The van der Waals surface area contributed by atoms with Gasteiger partial charge < -0.3 is 10.0 Å². The van der Waals surface area contributed by atoms with Gasteiger partial charge in [-0.15, -0.1) is 0 Å². The molecule has 0 bridgehead atoms. The van der Waals surface area contributed by atoms with E-state index in [-0.39, 0.29) is 16.2 Å². The normalized spacial score (nSPS) is 14.1. The topological polar surface area (TPSA) is 73.6 Å². The molecule has 0 aliphatic heterocycles. The number of aromatic amines is 1. The molecule has 1 aliphatic carbocycles. The van der Waals surface area contributed by atoms with Crippen molar-refractivity contribution in [2.24, 2.45) is 4.99 Å². The summed E-state index contributed by atoms with van der Waals surface area (Å²) in [6, 6.07) is 7.82. The molecule has 3 rings (SSSR count). The van der Waals surface area contributed by atoms with Gasteiger partial charge in [0.25, 0.3) is 5.56 Å². The fraction of sp³-hybridized carbons (Fsp3) is 0.435. The summed E-state index contributed by atoms with van der Waals surface area (Å²) in [6.45, 7) is 6.65. The van der Waals surface area contributed by atoms with Gasteiger partial charge in [0.1, 0.15) is 5.56 Å². The van der Waals surface area contributed by atoms with Gasteiger partial charge in [-0.3, -0.25) is 19.3 Å². The lowest BCUT2D eigenvalue weighted by Gasteiger charge is -2.20. The van der Waals surface area contributed by atoms with Gasteiger partial charge in [-0.05, 0) is 82.4 Å². The van der Waals surface area contributed by atoms with Crippen LogP contribution in [0.15, 0.2) is 45.7 Å². The van der Waals surface area contributed by atoms with Crippen LogP contribution in [0.25, 0.3) is 0 Å². The van der Waals surface area contributed by atoms with E-state index in [1.807, 2.05) is 24.3 Å². The van der Waals surface area contributed by atoms with Crippen molar-refractivity contribution < 1.29 is 5.11 Å². The summed E-state index contributed by atoms with van der Waals surface area (Å²) in [5.41, 5.74) is 2.91. The molecule has 0 spiro atoms. The minimum Gasteiger partial charge on any atom is -0.494 e. The first kappa shape index (κ1) is 22.0. The number of aliphatic imine (C=N–C) groups is 1. The number of hydrogen-bond donors (Lipinski definition) is 2. The fourth-order valence-electron chi connectivity index (χ4n) is 3.76. The van der Waals surface area contributed by atoms with Gasteiger partial charge in [-0.25, -0.2) is 0 Å². The smallest absolute Gasteiger partial charge is 0.264 e. The zero-order valence-corrected chi connectivity index (χ0v) is 18.5. The second-order valence-corrected chi connectivity index (χ2v) is 7.84. The second-order valence-electron chi connectivity index (χ2n) is 7.45. The predicted octanol–water partition coefficient (Wildman–Crippen LogP) is 5.10. The Morgan fingerprint density at radius 2 is 1.97 bits per heavy atom. The van der Waals surface area contributed by atoms with Crippen LogP contribution in [0.2, 0.25) is 0 Å². The average Bonchev–Trinajstić information content (AvgIpc) is 2.76. The molecule has 1 aromatic heterocycles. The van der Waals surface area contributed by atoms with Crippen LogP contribution >= 0.6 is 12.2 Å². The highest BCUT2D eigenvalue weighted by Gasteiger charge is 2.12. The fourth-order valence-corrected chi connectivity index (χ4v) is 4.03. The van der Waals surface area contributed by atoms with E-state index < -0.39 is 5.56 Å². The van der Waals surface area contributed by atoms with Gasteiger partial charge in [0, 0.05) is 31.5 Å². The lowest BCUT2D eigenvalue weighted by atomic mass is 9.97. The summed E-state index contributed by atoms with van der Waals surface area (Å²) in [4.78, 5) is 21.6. The Balaban J connectivity index is 1.80. The molecule has 0 amide bonds. The maximum Gasteiger partial charge on any atom is 0.264 e. The third-order valence-corrected chi connectivity index (χ3v) is 5.89. The van der Waals surface area contributed by atoms with Crippen LogP contribution < -0.4 is 10.5 Å². The van der Waals surface area contributed by atoms with Gasteiger partial charge in [-0.2, -0.15) is 0 Å². The summed E-state index contributed by atoms with van der Waals surface area (Å²) >= 11 is 5.27. The molecule has 160 valence electrons. The molecule has 1 aromatic carbocycles. The number of nitrogens with one attached hydrogen (secondary N) is 1. The first-order valence-electron chi connectivity index (χ1n) is 10.7. The summed E-state index contributed by atoms with van der Waals surface area (Å²) in [5.74, 6) is -0.135. The summed E-state index contributed by atoms with van der Waals surface area (Å²) in [7, 11) is 0. The molecule has 30 heavy (non-hydrogen) atoms. The Bertz CT molecular complexity index is 1030. The Labute approximate surface area is 182 Å². The van der Waals surface area contributed by atoms with E-state index in [0.717, 1.165) is 38.0 Å². The van der Waals surface area contributed by atoms with E-state index in [1.165, 1.54) is 24.6 Å². The molecule has 1 aliphatic rings. The number of rotatable bonds is 8. The van der Waals surface area contributed by atoms with Gasteiger partial charge >= 0.3 is 0 Å². The minimum absolute atomic E-state index is 0.119. The van der Waals surface area contributed by atoms with Gasteiger partial charge in [-0.1, -0.05) is 11.6 Å². The van der Waals surface area contributed by atoms with Crippen molar-refractivity contribution in [2.75, 3.05) is 18.0 Å². The molecule has 1 heterocycles. The molecule has 0 saturated carbocycles. The van der Waals surface area contributed by atoms with Crippen molar-refractivity contribution in [3.63, 3.8) is 0 Å². The van der Waals surface area contributed by atoms with Crippen LogP contribution in [-0.4, -0.2) is 34.0 Å². The largest absolute Gasteiger partial charge is 0.494 e. The Morgan fingerprint density at radius 3 is 2.60 bits per heavy atom. The molecule has 7 heteroatoms. The van der Waals surface area contributed by atoms with Crippen LogP contribution in [0, 0.1) is 4.77 Å². The number of anilines is 1. The van der Waals surface area contributed by atoms with E-state index in [2.05, 4.69) is 34.8 Å². The molecule has 0 radical (unpaired) electrons. The monoisotopic (exact) mass is 426 g/mol. The van der Waals surface area contributed by atoms with Crippen molar-refractivity contribution in [2.45, 2.75) is 52.5 Å². The maximum atomic E-state index is 12.4. The zero-order valence-electron chi connectivity index (χ0n) is 17.7. The highest BCUT2D eigenvalue weighted by Crippen LogP contribution is 2.23. The second kappa shape index (κ2) is 10.4. The van der Waals surface area contributed by atoms with Crippen molar-refractivity contribution in [1.29, 1.82) is 0 Å². The predicted molar refractivity (Wildman–Crippen MR) is 126 cm³/mol. The van der Waals surface area contributed by atoms with E-state index >= 15 is 0 Å². The van der Waals surface area contributed by atoms with E-state index in [0.29, 0.717) is 12.2 Å². The summed E-state index contributed by atoms with van der Waals surface area (Å²) in [6.07, 6.45) is 9.16. The SMILES string of the molecule is CCN(CC)c1ccc(N=Cc2c(O)n(CCC3=CCCCC3)c(=S)[nH]c2=O)cc1. The zero-order chi connectivity index (χ0) is 21.5. The van der Waals surface area contributed by atoms with Gasteiger partial charge in [0.15, 0.2) is 4.77 Å². The summed E-state index contributed by atoms with van der Waals surface area (Å²) in [5, 5.41) is 10.7. The Hall–Kier alpha value is -2.67. The van der Waals surface area contributed by atoms with Crippen LogP contribution in [0.3, 0.4) is 0 Å². The highest BCUT2D eigenvalue weighted by molar-refractivity contribution is 7.71. The molecule has 0 saturated heterocycles.